The highest BCUT2D eigenvalue weighted by Gasteiger charge is 2.28. The molecule has 1 saturated heterocycles. The molecule has 2 aliphatic heterocycles. The van der Waals surface area contributed by atoms with Crippen LogP contribution < -0.4 is 21.1 Å². The van der Waals surface area contributed by atoms with E-state index in [1.807, 2.05) is 11.9 Å². The Balaban J connectivity index is 1.03. The van der Waals surface area contributed by atoms with Crippen molar-refractivity contribution in [3.05, 3.63) is 47.5 Å². The predicted molar refractivity (Wildman–Crippen MR) is 143 cm³/mol. The second kappa shape index (κ2) is 9.10. The van der Waals surface area contributed by atoms with Gasteiger partial charge in [-0.1, -0.05) is 0 Å². The number of fused-ring (bicyclic) bond motifs is 4. The lowest BCUT2D eigenvalue weighted by atomic mass is 10.2. The maximum Gasteiger partial charge on any atom is 0.225 e. The number of anilines is 3. The molecular formula is C25H27FN12O. The van der Waals surface area contributed by atoms with Crippen molar-refractivity contribution >= 4 is 34.2 Å². The molecule has 0 aliphatic carbocycles. The van der Waals surface area contributed by atoms with Crippen LogP contribution in [-0.4, -0.2) is 78.7 Å². The highest BCUT2D eigenvalue weighted by atomic mass is 19.1. The van der Waals surface area contributed by atoms with Gasteiger partial charge in [-0.3, -0.25) is 14.9 Å². The average Bonchev–Trinajstić information content (AvgIpc) is 3.64. The first-order chi connectivity index (χ1) is 18.9. The van der Waals surface area contributed by atoms with Crippen LogP contribution >= 0.6 is 0 Å². The van der Waals surface area contributed by atoms with Crippen LogP contribution in [-0.2, 0) is 6.54 Å². The molecule has 14 heteroatoms. The Morgan fingerprint density at radius 2 is 1.85 bits per heavy atom. The highest BCUT2D eigenvalue weighted by Crippen LogP contribution is 2.30. The topological polar surface area (TPSA) is 143 Å². The summed E-state index contributed by atoms with van der Waals surface area (Å²) in [5, 5.41) is 6.56. The number of nitrogens with two attached hydrogens (primary N) is 1. The first-order valence-corrected chi connectivity index (χ1v) is 12.8. The Bertz CT molecular complexity index is 1710. The number of piperazine rings is 1. The first kappa shape index (κ1) is 23.7. The van der Waals surface area contributed by atoms with Gasteiger partial charge in [0, 0.05) is 71.2 Å². The molecule has 5 aromatic rings. The zero-order valence-corrected chi connectivity index (χ0v) is 21.6. The van der Waals surface area contributed by atoms with Crippen molar-refractivity contribution in [1.82, 2.24) is 44.9 Å². The maximum atomic E-state index is 14.8. The summed E-state index contributed by atoms with van der Waals surface area (Å²) in [4.78, 5) is 26.8. The van der Waals surface area contributed by atoms with Gasteiger partial charge in [0.15, 0.2) is 22.9 Å². The SMILES string of the molecule is Cc1nc2cc(N3CCN(CCN4NCc5c4nc(N)n4nc(-c6nccnc6C)nc54)CC3)c(F)cc2o1. The smallest absolute Gasteiger partial charge is 0.225 e. The van der Waals surface area contributed by atoms with Gasteiger partial charge in [0.25, 0.3) is 0 Å². The Kier molecular flexibility index (Phi) is 5.52. The van der Waals surface area contributed by atoms with Crippen LogP contribution in [0.2, 0.25) is 0 Å². The van der Waals surface area contributed by atoms with Gasteiger partial charge in [0.05, 0.1) is 16.9 Å². The van der Waals surface area contributed by atoms with Crippen LogP contribution in [0.5, 0.6) is 0 Å². The van der Waals surface area contributed by atoms with Crippen LogP contribution in [0.1, 0.15) is 17.1 Å². The third kappa shape index (κ3) is 4.08. The Morgan fingerprint density at radius 3 is 2.67 bits per heavy atom. The molecule has 0 saturated carbocycles. The molecule has 0 amide bonds. The lowest BCUT2D eigenvalue weighted by Gasteiger charge is -2.36. The molecule has 1 fully saturated rings. The van der Waals surface area contributed by atoms with Crippen molar-refractivity contribution in [2.45, 2.75) is 20.4 Å². The van der Waals surface area contributed by atoms with Gasteiger partial charge in [0.1, 0.15) is 17.0 Å². The average molecular weight is 531 g/mol. The molecule has 2 aliphatic rings. The largest absolute Gasteiger partial charge is 0.441 e. The molecule has 200 valence electrons. The normalized spacial score (nSPS) is 16.1. The number of halogens is 1. The zero-order valence-electron chi connectivity index (χ0n) is 21.6. The molecule has 7 rings (SSSR count). The van der Waals surface area contributed by atoms with E-state index in [0.717, 1.165) is 49.8 Å². The maximum absolute atomic E-state index is 14.8. The van der Waals surface area contributed by atoms with Gasteiger partial charge in [-0.2, -0.15) is 9.50 Å². The molecule has 0 bridgehead atoms. The highest BCUT2D eigenvalue weighted by molar-refractivity contribution is 5.78. The second-order valence-electron chi connectivity index (χ2n) is 9.75. The van der Waals surface area contributed by atoms with E-state index in [9.17, 15) is 4.39 Å². The lowest BCUT2D eigenvalue weighted by molar-refractivity contribution is 0.260. The van der Waals surface area contributed by atoms with Crippen LogP contribution in [0, 0.1) is 19.7 Å². The molecule has 1 aromatic carbocycles. The van der Waals surface area contributed by atoms with E-state index in [4.69, 9.17) is 15.1 Å². The Labute approximate surface area is 222 Å². The van der Waals surface area contributed by atoms with Crippen LogP contribution in [0.15, 0.2) is 28.9 Å². The summed E-state index contributed by atoms with van der Waals surface area (Å²) < 4.78 is 21.8. The number of hydrogen-bond acceptors (Lipinski definition) is 12. The van der Waals surface area contributed by atoms with Crippen molar-refractivity contribution in [3.8, 4) is 11.5 Å². The van der Waals surface area contributed by atoms with Crippen molar-refractivity contribution < 1.29 is 8.81 Å². The van der Waals surface area contributed by atoms with Crippen molar-refractivity contribution in [3.63, 3.8) is 0 Å². The fourth-order valence-corrected chi connectivity index (χ4v) is 5.28. The number of nitrogens with zero attached hydrogens (tertiary/aromatic N) is 10. The molecule has 0 unspecified atom stereocenters. The van der Waals surface area contributed by atoms with E-state index in [1.165, 1.54) is 6.07 Å². The summed E-state index contributed by atoms with van der Waals surface area (Å²) in [7, 11) is 0. The summed E-state index contributed by atoms with van der Waals surface area (Å²) in [6.45, 7) is 8.80. The molecule has 0 radical (unpaired) electrons. The van der Waals surface area contributed by atoms with E-state index < -0.39 is 0 Å². The van der Waals surface area contributed by atoms with Crippen LogP contribution in [0.25, 0.3) is 28.3 Å². The van der Waals surface area contributed by atoms with Gasteiger partial charge in [-0.05, 0) is 13.0 Å². The van der Waals surface area contributed by atoms with E-state index in [-0.39, 0.29) is 11.8 Å². The number of nitrogens with one attached hydrogen (secondary N) is 1. The van der Waals surface area contributed by atoms with Gasteiger partial charge in [0.2, 0.25) is 11.8 Å². The lowest BCUT2D eigenvalue weighted by Crippen LogP contribution is -2.49. The molecule has 13 nitrogen and oxygen atoms in total. The van der Waals surface area contributed by atoms with Crippen LogP contribution in [0.3, 0.4) is 0 Å². The number of hydrazine groups is 1. The monoisotopic (exact) mass is 530 g/mol. The van der Waals surface area contributed by atoms with Gasteiger partial charge >= 0.3 is 0 Å². The van der Waals surface area contributed by atoms with E-state index in [1.54, 1.807) is 29.9 Å². The minimum atomic E-state index is -0.286. The molecule has 0 spiro atoms. The van der Waals surface area contributed by atoms with E-state index in [0.29, 0.717) is 52.9 Å². The van der Waals surface area contributed by atoms with Crippen molar-refractivity contribution in [2.75, 3.05) is 54.9 Å². The van der Waals surface area contributed by atoms with Crippen LogP contribution in [0.4, 0.5) is 21.8 Å². The molecule has 0 atom stereocenters. The number of rotatable bonds is 5. The number of oxazole rings is 1. The molecule has 39 heavy (non-hydrogen) atoms. The fraction of sp³-hybridized carbons (Fsp3) is 0.360. The minimum absolute atomic E-state index is 0.257. The number of nitrogen functional groups attached to an aromatic ring is 1. The zero-order chi connectivity index (χ0) is 26.7. The summed E-state index contributed by atoms with van der Waals surface area (Å²) in [6, 6.07) is 3.20. The minimum Gasteiger partial charge on any atom is -0.441 e. The van der Waals surface area contributed by atoms with Gasteiger partial charge in [-0.25, -0.2) is 24.8 Å². The van der Waals surface area contributed by atoms with E-state index >= 15 is 0 Å². The molecule has 6 heterocycles. The standard InChI is InChI=1S/C25H27FN12O/c1-14-21(29-4-3-28-14)22-32-24-16-13-30-37(23(16)33-25(27)38(24)34-22)10-7-35-5-8-36(9-6-35)19-12-18-20(11-17(19)26)39-15(2)31-18/h3-4,11-12,30H,5-10,13H2,1-2H3,(H2,27,33). The number of aromatic nitrogens is 7. The summed E-state index contributed by atoms with van der Waals surface area (Å²) >= 11 is 0. The predicted octanol–water partition coefficient (Wildman–Crippen LogP) is 1.71. The first-order valence-electron chi connectivity index (χ1n) is 12.8. The van der Waals surface area contributed by atoms with Gasteiger partial charge < -0.3 is 15.1 Å². The Hall–Kier alpha value is -4.43. The summed E-state index contributed by atoms with van der Waals surface area (Å²) in [6.07, 6.45) is 3.26. The molecule has 3 N–H and O–H groups in total. The number of benzene rings is 1. The second-order valence-corrected chi connectivity index (χ2v) is 9.75. The van der Waals surface area contributed by atoms with Crippen molar-refractivity contribution in [2.24, 2.45) is 0 Å². The fourth-order valence-electron chi connectivity index (χ4n) is 5.28. The number of hydrogen-bond donors (Lipinski definition) is 2. The third-order valence-electron chi connectivity index (χ3n) is 7.30. The molecular weight excluding hydrogens is 503 g/mol. The quantitative estimate of drug-likeness (QED) is 0.341. The van der Waals surface area contributed by atoms with Crippen molar-refractivity contribution in [1.29, 1.82) is 0 Å². The number of aryl methyl sites for hydroxylation is 2. The third-order valence-corrected chi connectivity index (χ3v) is 7.30. The van der Waals surface area contributed by atoms with E-state index in [2.05, 4.69) is 40.3 Å². The summed E-state index contributed by atoms with van der Waals surface area (Å²) in [5.41, 5.74) is 14.4. The molecule has 4 aromatic heterocycles. The van der Waals surface area contributed by atoms with Gasteiger partial charge in [-0.15, -0.1) is 5.10 Å². The summed E-state index contributed by atoms with van der Waals surface area (Å²) in [5.74, 6) is 1.73. The Morgan fingerprint density at radius 1 is 1.03 bits per heavy atom.